The second-order valence-electron chi connectivity index (χ2n) is 1.80. The maximum absolute atomic E-state index is 8.95. The fourth-order valence-corrected chi connectivity index (χ4v) is 1.15. The van der Waals surface area contributed by atoms with E-state index in [1.165, 1.54) is 0 Å². The minimum atomic E-state index is -0.370. The van der Waals surface area contributed by atoms with Crippen molar-refractivity contribution < 1.29 is 5.11 Å². The van der Waals surface area contributed by atoms with Crippen LogP contribution in [0.15, 0.2) is 0 Å². The van der Waals surface area contributed by atoms with Gasteiger partial charge in [-0.1, -0.05) is 0 Å². The number of aliphatic hydroxyl groups is 1. The Hall–Kier alpha value is -0.200. The lowest BCUT2D eigenvalue weighted by atomic mass is 10.2. The summed E-state index contributed by atoms with van der Waals surface area (Å²) in [5.41, 5.74) is 0. The quantitative estimate of drug-likeness (QED) is 0.548. The van der Waals surface area contributed by atoms with Crippen LogP contribution in [-0.4, -0.2) is 22.2 Å². The minimum absolute atomic E-state index is 0.289. The maximum Gasteiger partial charge on any atom is 0.0796 e. The van der Waals surface area contributed by atoms with E-state index in [1.54, 1.807) is 11.8 Å². The summed E-state index contributed by atoms with van der Waals surface area (Å²) in [7, 11) is 0. The molecule has 0 unspecified atom stereocenters. The molecule has 1 aliphatic rings. The van der Waals surface area contributed by atoms with Crippen LogP contribution in [0.2, 0.25) is 0 Å². The van der Waals surface area contributed by atoms with Gasteiger partial charge in [0.15, 0.2) is 0 Å². The third kappa shape index (κ3) is 1.39. The molecule has 2 nitrogen and oxygen atoms in total. The molecule has 0 spiro atoms. The van der Waals surface area contributed by atoms with E-state index in [-0.39, 0.29) is 12.5 Å². The SMILES string of the molecule is N#CC[C@H](O)[C@H]1CS1. The Bertz CT molecular complexity index is 116. The molecule has 1 heterocycles. The summed E-state index contributed by atoms with van der Waals surface area (Å²) >= 11 is 1.72. The molecule has 0 aliphatic carbocycles. The molecule has 0 aromatic rings. The topological polar surface area (TPSA) is 44.0 Å². The van der Waals surface area contributed by atoms with Gasteiger partial charge in [-0.25, -0.2) is 0 Å². The zero-order chi connectivity index (χ0) is 5.98. The second-order valence-corrected chi connectivity index (χ2v) is 3.07. The smallest absolute Gasteiger partial charge is 0.0796 e. The summed E-state index contributed by atoms with van der Waals surface area (Å²) in [6.07, 6.45) is -0.0810. The first-order chi connectivity index (χ1) is 3.84. The molecule has 0 aromatic carbocycles. The van der Waals surface area contributed by atoms with Gasteiger partial charge in [0.25, 0.3) is 0 Å². The Balaban J connectivity index is 2.15. The lowest BCUT2D eigenvalue weighted by molar-refractivity contribution is 0.189. The van der Waals surface area contributed by atoms with Gasteiger partial charge in [0.2, 0.25) is 0 Å². The van der Waals surface area contributed by atoms with E-state index < -0.39 is 0 Å². The van der Waals surface area contributed by atoms with Gasteiger partial charge < -0.3 is 5.11 Å². The van der Waals surface area contributed by atoms with Crippen molar-refractivity contribution >= 4 is 11.8 Å². The molecule has 0 aromatic heterocycles. The average molecular weight is 129 g/mol. The lowest BCUT2D eigenvalue weighted by Gasteiger charge is -1.97. The van der Waals surface area contributed by atoms with Crippen molar-refractivity contribution in [1.29, 1.82) is 5.26 Å². The number of thioether (sulfide) groups is 1. The summed E-state index contributed by atoms with van der Waals surface area (Å²) in [5, 5.41) is 17.4. The van der Waals surface area contributed by atoms with Gasteiger partial charge in [0, 0.05) is 11.0 Å². The van der Waals surface area contributed by atoms with Crippen LogP contribution < -0.4 is 0 Å². The van der Waals surface area contributed by atoms with Crippen molar-refractivity contribution in [3.05, 3.63) is 0 Å². The molecule has 1 aliphatic heterocycles. The van der Waals surface area contributed by atoms with Gasteiger partial charge in [-0.05, 0) is 0 Å². The van der Waals surface area contributed by atoms with Crippen molar-refractivity contribution in [1.82, 2.24) is 0 Å². The third-order valence-electron chi connectivity index (χ3n) is 1.09. The van der Waals surface area contributed by atoms with Crippen LogP contribution in [0.4, 0.5) is 0 Å². The van der Waals surface area contributed by atoms with E-state index >= 15 is 0 Å². The monoisotopic (exact) mass is 129 g/mol. The third-order valence-corrected chi connectivity index (χ3v) is 2.12. The predicted octanol–water partition coefficient (Wildman–Crippen LogP) is 0.376. The molecule has 3 heteroatoms. The van der Waals surface area contributed by atoms with Crippen molar-refractivity contribution in [3.63, 3.8) is 0 Å². The molecule has 1 saturated heterocycles. The van der Waals surface area contributed by atoms with E-state index in [4.69, 9.17) is 10.4 Å². The summed E-state index contributed by atoms with van der Waals surface area (Å²) in [5.74, 6) is 1.03. The first kappa shape index (κ1) is 5.93. The van der Waals surface area contributed by atoms with Crippen LogP contribution in [0.25, 0.3) is 0 Å². The van der Waals surface area contributed by atoms with Crippen molar-refractivity contribution in [3.8, 4) is 6.07 Å². The molecular formula is C5H7NOS. The summed E-state index contributed by atoms with van der Waals surface area (Å²) in [4.78, 5) is 0. The Labute approximate surface area is 52.5 Å². The van der Waals surface area contributed by atoms with Crippen LogP contribution in [0.5, 0.6) is 0 Å². The molecule has 0 saturated carbocycles. The molecular weight excluding hydrogens is 122 g/mol. The van der Waals surface area contributed by atoms with Gasteiger partial charge in [-0.15, -0.1) is 0 Å². The van der Waals surface area contributed by atoms with Gasteiger partial charge in [0.1, 0.15) is 0 Å². The highest BCUT2D eigenvalue weighted by Gasteiger charge is 2.30. The molecule has 1 fully saturated rings. The molecule has 44 valence electrons. The molecule has 0 bridgehead atoms. The zero-order valence-electron chi connectivity index (χ0n) is 4.37. The van der Waals surface area contributed by atoms with E-state index in [0.717, 1.165) is 5.75 Å². The van der Waals surface area contributed by atoms with Gasteiger partial charge in [-0.2, -0.15) is 17.0 Å². The van der Waals surface area contributed by atoms with E-state index in [0.29, 0.717) is 5.25 Å². The fraction of sp³-hybridized carbons (Fsp3) is 0.800. The Morgan fingerprint density at radius 3 is 3.00 bits per heavy atom. The number of aliphatic hydroxyl groups excluding tert-OH is 1. The predicted molar refractivity (Wildman–Crippen MR) is 32.5 cm³/mol. The standard InChI is InChI=1S/C5H7NOS/c6-2-1-4(7)5-3-8-5/h4-5,7H,1,3H2/t4-,5+/m0/s1. The number of nitrogens with zero attached hydrogens (tertiary/aromatic N) is 1. The number of hydrogen-bond acceptors (Lipinski definition) is 3. The normalized spacial score (nSPS) is 28.8. The van der Waals surface area contributed by atoms with Crippen LogP contribution in [-0.2, 0) is 0 Å². The molecule has 0 radical (unpaired) electrons. The van der Waals surface area contributed by atoms with E-state index in [9.17, 15) is 0 Å². The fourth-order valence-electron chi connectivity index (χ4n) is 0.503. The first-order valence-electron chi connectivity index (χ1n) is 2.51. The number of hydrogen-bond donors (Lipinski definition) is 1. The highest BCUT2D eigenvalue weighted by Crippen LogP contribution is 2.33. The molecule has 2 atom stereocenters. The van der Waals surface area contributed by atoms with Crippen molar-refractivity contribution in [2.24, 2.45) is 0 Å². The first-order valence-corrected chi connectivity index (χ1v) is 3.56. The van der Waals surface area contributed by atoms with Crippen LogP contribution in [0, 0.1) is 11.3 Å². The molecule has 1 N–H and O–H groups in total. The molecule has 8 heavy (non-hydrogen) atoms. The van der Waals surface area contributed by atoms with Crippen LogP contribution in [0.3, 0.4) is 0 Å². The van der Waals surface area contributed by atoms with Gasteiger partial charge in [-0.3, -0.25) is 0 Å². The Morgan fingerprint density at radius 2 is 2.62 bits per heavy atom. The Kier molecular flexibility index (Phi) is 1.77. The van der Waals surface area contributed by atoms with Crippen LogP contribution >= 0.6 is 11.8 Å². The maximum atomic E-state index is 8.95. The summed E-state index contributed by atoms with van der Waals surface area (Å²) in [6.45, 7) is 0. The lowest BCUT2D eigenvalue weighted by Crippen LogP contribution is -2.11. The zero-order valence-corrected chi connectivity index (χ0v) is 5.19. The number of nitriles is 1. The summed E-state index contributed by atoms with van der Waals surface area (Å²) < 4.78 is 0. The largest absolute Gasteiger partial charge is 0.391 e. The average Bonchev–Trinajstić information content (AvgIpc) is 2.45. The van der Waals surface area contributed by atoms with E-state index in [1.807, 2.05) is 6.07 Å². The highest BCUT2D eigenvalue weighted by molar-refractivity contribution is 8.06. The second kappa shape index (κ2) is 2.38. The number of rotatable bonds is 2. The van der Waals surface area contributed by atoms with Crippen molar-refractivity contribution in [2.75, 3.05) is 5.75 Å². The van der Waals surface area contributed by atoms with Crippen molar-refractivity contribution in [2.45, 2.75) is 17.8 Å². The minimum Gasteiger partial charge on any atom is -0.391 e. The molecule has 0 amide bonds. The molecule has 1 rings (SSSR count). The van der Waals surface area contributed by atoms with E-state index in [2.05, 4.69) is 0 Å². The Morgan fingerprint density at radius 1 is 2.00 bits per heavy atom. The van der Waals surface area contributed by atoms with Crippen LogP contribution in [0.1, 0.15) is 6.42 Å². The highest BCUT2D eigenvalue weighted by atomic mass is 32.2. The van der Waals surface area contributed by atoms with Gasteiger partial charge in [0.05, 0.1) is 18.6 Å². The van der Waals surface area contributed by atoms with Gasteiger partial charge >= 0.3 is 0 Å². The summed E-state index contributed by atoms with van der Waals surface area (Å²) in [6, 6.07) is 1.93.